The monoisotopic (exact) mass is 496 g/mol. The van der Waals surface area contributed by atoms with Crippen LogP contribution in [0.1, 0.15) is 38.9 Å². The lowest BCUT2D eigenvalue weighted by Gasteiger charge is -2.28. The van der Waals surface area contributed by atoms with Crippen molar-refractivity contribution in [1.29, 1.82) is 0 Å². The molecule has 2 heterocycles. The summed E-state index contributed by atoms with van der Waals surface area (Å²) in [7, 11) is 0. The van der Waals surface area contributed by atoms with Crippen LogP contribution in [0.3, 0.4) is 0 Å². The number of hydrogen-bond donors (Lipinski definition) is 0. The minimum atomic E-state index is -0.147. The van der Waals surface area contributed by atoms with Crippen molar-refractivity contribution in [3.8, 4) is 5.75 Å². The Kier molecular flexibility index (Phi) is 6.95. The number of amides is 2. The number of imidazole rings is 1. The minimum absolute atomic E-state index is 0.00764. The second-order valence-corrected chi connectivity index (χ2v) is 9.54. The van der Waals surface area contributed by atoms with Crippen molar-refractivity contribution in [3.63, 3.8) is 0 Å². The molecule has 190 valence electrons. The van der Waals surface area contributed by atoms with Gasteiger partial charge in [-0.3, -0.25) is 9.59 Å². The fraction of sp³-hybridized carbons (Fsp3) is 0.300. The third-order valence-corrected chi connectivity index (χ3v) is 6.74. The average molecular weight is 497 g/mol. The highest BCUT2D eigenvalue weighted by Gasteiger charge is 2.36. The van der Waals surface area contributed by atoms with Crippen LogP contribution in [-0.2, 0) is 16.1 Å². The van der Waals surface area contributed by atoms with E-state index in [9.17, 15) is 9.59 Å². The second kappa shape index (κ2) is 10.5. The number of carbonyl (C=O) groups is 2. The van der Waals surface area contributed by atoms with Gasteiger partial charge in [0.15, 0.2) is 0 Å². The quantitative estimate of drug-likeness (QED) is 0.328. The van der Waals surface area contributed by atoms with Crippen molar-refractivity contribution in [2.45, 2.75) is 45.7 Å². The molecule has 7 nitrogen and oxygen atoms in total. The Morgan fingerprint density at radius 2 is 1.73 bits per heavy atom. The van der Waals surface area contributed by atoms with Gasteiger partial charge in [-0.1, -0.05) is 42.5 Å². The lowest BCUT2D eigenvalue weighted by atomic mass is 10.1. The van der Waals surface area contributed by atoms with Crippen LogP contribution in [0, 0.1) is 0 Å². The number of para-hydroxylation sites is 5. The van der Waals surface area contributed by atoms with E-state index >= 15 is 0 Å². The molecule has 0 radical (unpaired) electrons. The fourth-order valence-corrected chi connectivity index (χ4v) is 5.17. The van der Waals surface area contributed by atoms with Crippen molar-refractivity contribution < 1.29 is 14.3 Å². The lowest BCUT2D eigenvalue weighted by Crippen LogP contribution is -2.39. The molecule has 0 N–H and O–H groups in total. The summed E-state index contributed by atoms with van der Waals surface area (Å²) >= 11 is 0. The van der Waals surface area contributed by atoms with Crippen molar-refractivity contribution in [1.82, 2.24) is 9.55 Å². The van der Waals surface area contributed by atoms with E-state index in [4.69, 9.17) is 9.72 Å². The average Bonchev–Trinajstić information content (AvgIpc) is 3.45. The number of aromatic nitrogens is 2. The van der Waals surface area contributed by atoms with Crippen LogP contribution in [-0.4, -0.2) is 40.6 Å². The molecule has 1 saturated heterocycles. The summed E-state index contributed by atoms with van der Waals surface area (Å²) in [5.74, 6) is 1.31. The maximum atomic E-state index is 13.7. The van der Waals surface area contributed by atoms with Gasteiger partial charge in [0.05, 0.1) is 23.3 Å². The topological polar surface area (TPSA) is 67.7 Å². The predicted octanol–water partition coefficient (Wildman–Crippen LogP) is 5.40. The molecular formula is C30H32N4O3. The van der Waals surface area contributed by atoms with Gasteiger partial charge in [0, 0.05) is 30.6 Å². The molecule has 0 spiro atoms. The van der Waals surface area contributed by atoms with Crippen molar-refractivity contribution >= 4 is 34.2 Å². The smallest absolute Gasteiger partial charge is 0.247 e. The normalized spacial score (nSPS) is 15.5. The molecular weight excluding hydrogens is 464 g/mol. The van der Waals surface area contributed by atoms with Gasteiger partial charge in [-0.2, -0.15) is 0 Å². The first-order chi connectivity index (χ1) is 18.0. The predicted molar refractivity (Wildman–Crippen MR) is 146 cm³/mol. The summed E-state index contributed by atoms with van der Waals surface area (Å²) in [5, 5.41) is 0. The molecule has 3 aromatic carbocycles. The van der Waals surface area contributed by atoms with Gasteiger partial charge >= 0.3 is 0 Å². The maximum absolute atomic E-state index is 13.7. The number of carbonyl (C=O) groups excluding carboxylic acids is 2. The summed E-state index contributed by atoms with van der Waals surface area (Å²) < 4.78 is 7.78. The Morgan fingerprint density at radius 1 is 1.03 bits per heavy atom. The van der Waals surface area contributed by atoms with Crippen LogP contribution < -0.4 is 14.5 Å². The summed E-state index contributed by atoms with van der Waals surface area (Å²) in [4.78, 5) is 35.5. The van der Waals surface area contributed by atoms with Gasteiger partial charge in [0.1, 0.15) is 18.1 Å². The number of fused-ring (bicyclic) bond motifs is 1. The second-order valence-electron chi connectivity index (χ2n) is 9.54. The van der Waals surface area contributed by atoms with E-state index in [1.54, 1.807) is 4.90 Å². The largest absolute Gasteiger partial charge is 0.492 e. The van der Waals surface area contributed by atoms with Crippen LogP contribution in [0.5, 0.6) is 5.75 Å². The zero-order valence-electron chi connectivity index (χ0n) is 21.5. The van der Waals surface area contributed by atoms with E-state index < -0.39 is 0 Å². The molecule has 1 atom stereocenters. The number of nitrogens with zero attached hydrogens (tertiary/aromatic N) is 4. The molecule has 5 rings (SSSR count). The Labute approximate surface area is 217 Å². The minimum Gasteiger partial charge on any atom is -0.492 e. The number of hydrogen-bond acceptors (Lipinski definition) is 4. The molecule has 1 fully saturated rings. The first-order valence-electron chi connectivity index (χ1n) is 12.8. The Hall–Kier alpha value is -4.13. The van der Waals surface area contributed by atoms with E-state index in [0.717, 1.165) is 28.2 Å². The van der Waals surface area contributed by atoms with Crippen LogP contribution in [0.2, 0.25) is 0 Å². The number of anilines is 2. The first-order valence-corrected chi connectivity index (χ1v) is 12.8. The molecule has 0 bridgehead atoms. The molecule has 7 heteroatoms. The molecule has 0 unspecified atom stereocenters. The van der Waals surface area contributed by atoms with Crippen molar-refractivity contribution in [2.75, 3.05) is 23.0 Å². The van der Waals surface area contributed by atoms with E-state index in [0.29, 0.717) is 25.3 Å². The van der Waals surface area contributed by atoms with Gasteiger partial charge in [-0.05, 0) is 57.2 Å². The van der Waals surface area contributed by atoms with Crippen LogP contribution in [0.4, 0.5) is 11.4 Å². The van der Waals surface area contributed by atoms with Crippen LogP contribution in [0.15, 0.2) is 78.9 Å². The van der Waals surface area contributed by atoms with Gasteiger partial charge in [0.2, 0.25) is 11.8 Å². The molecule has 0 saturated carbocycles. The molecule has 0 aliphatic carbocycles. The maximum Gasteiger partial charge on any atom is 0.247 e. The van der Waals surface area contributed by atoms with Crippen molar-refractivity contribution in [3.05, 3.63) is 84.7 Å². The summed E-state index contributed by atoms with van der Waals surface area (Å²) in [5.41, 5.74) is 3.35. The number of rotatable bonds is 8. The zero-order chi connectivity index (χ0) is 25.9. The summed E-state index contributed by atoms with van der Waals surface area (Å²) in [6, 6.07) is 25.2. The molecule has 1 aromatic heterocycles. The molecule has 2 amide bonds. The molecule has 1 aliphatic heterocycles. The fourth-order valence-electron chi connectivity index (χ4n) is 5.17. The number of ether oxygens (including phenoxy) is 1. The van der Waals surface area contributed by atoms with Gasteiger partial charge in [-0.25, -0.2) is 4.98 Å². The molecule has 4 aromatic rings. The highest BCUT2D eigenvalue weighted by Crippen LogP contribution is 2.37. The van der Waals surface area contributed by atoms with Gasteiger partial charge in [-0.15, -0.1) is 0 Å². The van der Waals surface area contributed by atoms with E-state index in [1.165, 1.54) is 0 Å². The highest BCUT2D eigenvalue weighted by molar-refractivity contribution is 5.98. The Bertz CT molecular complexity index is 1410. The SMILES string of the molecule is CCOc1ccccc1N1C[C@H](c2nc3ccccc3n2CC(=O)N(c2ccccc2)C(C)C)CC1=O. The lowest BCUT2D eigenvalue weighted by molar-refractivity contribution is -0.119. The standard InChI is InChI=1S/C30H32N4O3/c1-4-37-27-17-11-10-16-26(27)32-19-22(18-28(32)35)30-31-24-14-8-9-15-25(24)33(30)20-29(36)34(21(2)3)23-12-6-5-7-13-23/h5-17,21-22H,4,18-20H2,1-3H3/t22-/m1/s1. The number of benzene rings is 3. The van der Waals surface area contributed by atoms with Gasteiger partial charge < -0.3 is 19.1 Å². The van der Waals surface area contributed by atoms with Crippen LogP contribution >= 0.6 is 0 Å². The highest BCUT2D eigenvalue weighted by atomic mass is 16.5. The van der Waals surface area contributed by atoms with E-state index in [2.05, 4.69) is 0 Å². The van der Waals surface area contributed by atoms with E-state index in [-0.39, 0.29) is 30.3 Å². The van der Waals surface area contributed by atoms with Crippen LogP contribution in [0.25, 0.3) is 11.0 Å². The van der Waals surface area contributed by atoms with E-state index in [1.807, 2.05) is 109 Å². The molecule has 1 aliphatic rings. The summed E-state index contributed by atoms with van der Waals surface area (Å²) in [6.07, 6.45) is 0.324. The van der Waals surface area contributed by atoms with Gasteiger partial charge in [0.25, 0.3) is 0 Å². The summed E-state index contributed by atoms with van der Waals surface area (Å²) in [6.45, 7) is 7.10. The van der Waals surface area contributed by atoms with Crippen molar-refractivity contribution in [2.24, 2.45) is 0 Å². The third kappa shape index (κ3) is 4.81. The Morgan fingerprint density at radius 3 is 2.49 bits per heavy atom. The zero-order valence-corrected chi connectivity index (χ0v) is 21.5. The first kappa shape index (κ1) is 24.6. The Balaban J connectivity index is 1.49. The molecule has 37 heavy (non-hydrogen) atoms. The third-order valence-electron chi connectivity index (χ3n) is 6.74.